The maximum absolute atomic E-state index is 12.2. The van der Waals surface area contributed by atoms with Crippen molar-refractivity contribution in [3.8, 4) is 0 Å². The van der Waals surface area contributed by atoms with Crippen LogP contribution in [0.3, 0.4) is 0 Å². The summed E-state index contributed by atoms with van der Waals surface area (Å²) < 4.78 is 36.5. The van der Waals surface area contributed by atoms with Crippen LogP contribution in [0.15, 0.2) is 18.3 Å². The molecule has 4 nitrogen and oxygen atoms in total. The first kappa shape index (κ1) is 12.3. The fourth-order valence-electron chi connectivity index (χ4n) is 0.930. The van der Waals surface area contributed by atoms with Crippen LogP contribution in [-0.2, 0) is 11.0 Å². The first-order chi connectivity index (χ1) is 7.30. The fourth-order valence-corrected chi connectivity index (χ4v) is 0.930. The number of carboxylic acid groups (broad SMARTS) is 1. The Bertz CT molecular complexity index is 375. The summed E-state index contributed by atoms with van der Waals surface area (Å²) >= 11 is 0. The summed E-state index contributed by atoms with van der Waals surface area (Å²) in [7, 11) is 0. The van der Waals surface area contributed by atoms with Crippen molar-refractivity contribution in [2.75, 3.05) is 5.32 Å². The lowest BCUT2D eigenvalue weighted by molar-refractivity contribution is -0.138. The van der Waals surface area contributed by atoms with E-state index >= 15 is 0 Å². The van der Waals surface area contributed by atoms with Gasteiger partial charge in [-0.05, 0) is 19.1 Å². The predicted molar refractivity (Wildman–Crippen MR) is 50.0 cm³/mol. The third kappa shape index (κ3) is 3.11. The number of alkyl halides is 3. The molecule has 1 heterocycles. The topological polar surface area (TPSA) is 62.2 Å². The van der Waals surface area contributed by atoms with E-state index in [0.29, 0.717) is 6.20 Å². The number of rotatable bonds is 3. The lowest BCUT2D eigenvalue weighted by atomic mass is 10.2. The number of hydrogen-bond acceptors (Lipinski definition) is 3. The SMILES string of the molecule is C[C@H](Nc1ccc(C(F)(F)F)cn1)C(=O)O. The molecular weight excluding hydrogens is 225 g/mol. The molecule has 1 aromatic heterocycles. The zero-order valence-corrected chi connectivity index (χ0v) is 8.25. The first-order valence-electron chi connectivity index (χ1n) is 4.33. The maximum atomic E-state index is 12.2. The minimum atomic E-state index is -4.44. The van der Waals surface area contributed by atoms with E-state index in [-0.39, 0.29) is 5.82 Å². The Morgan fingerprint density at radius 2 is 2.12 bits per heavy atom. The number of hydrogen-bond donors (Lipinski definition) is 2. The van der Waals surface area contributed by atoms with Crippen LogP contribution in [0.4, 0.5) is 19.0 Å². The van der Waals surface area contributed by atoms with Crippen LogP contribution >= 0.6 is 0 Å². The van der Waals surface area contributed by atoms with Gasteiger partial charge in [0.15, 0.2) is 0 Å². The fraction of sp³-hybridized carbons (Fsp3) is 0.333. The molecule has 1 rings (SSSR count). The molecule has 0 radical (unpaired) electrons. The second-order valence-corrected chi connectivity index (χ2v) is 3.13. The van der Waals surface area contributed by atoms with Crippen LogP contribution in [0, 0.1) is 0 Å². The van der Waals surface area contributed by atoms with Crippen molar-refractivity contribution in [2.24, 2.45) is 0 Å². The monoisotopic (exact) mass is 234 g/mol. The third-order valence-corrected chi connectivity index (χ3v) is 1.83. The first-order valence-corrected chi connectivity index (χ1v) is 4.33. The van der Waals surface area contributed by atoms with Crippen LogP contribution in [0.2, 0.25) is 0 Å². The second kappa shape index (κ2) is 4.38. The summed E-state index contributed by atoms with van der Waals surface area (Å²) in [5.74, 6) is -1.02. The molecule has 1 aromatic rings. The summed E-state index contributed by atoms with van der Waals surface area (Å²) in [6, 6.07) is 1.01. The lowest BCUT2D eigenvalue weighted by Gasteiger charge is -2.11. The normalized spacial score (nSPS) is 13.2. The number of carboxylic acids is 1. The molecule has 0 fully saturated rings. The van der Waals surface area contributed by atoms with E-state index in [4.69, 9.17) is 5.11 Å². The molecule has 16 heavy (non-hydrogen) atoms. The summed E-state index contributed by atoms with van der Waals surface area (Å²) in [6.07, 6.45) is -3.79. The van der Waals surface area contributed by atoms with Gasteiger partial charge in [0.1, 0.15) is 11.9 Å². The molecular formula is C9H9F3N2O2. The number of nitrogens with zero attached hydrogens (tertiary/aromatic N) is 1. The average molecular weight is 234 g/mol. The average Bonchev–Trinajstić information content (AvgIpc) is 2.17. The summed E-state index contributed by atoms with van der Waals surface area (Å²) in [5.41, 5.74) is -0.874. The van der Waals surface area contributed by atoms with Gasteiger partial charge in [0, 0.05) is 6.20 Å². The zero-order chi connectivity index (χ0) is 12.3. The van der Waals surface area contributed by atoms with E-state index < -0.39 is 23.8 Å². The molecule has 2 N–H and O–H groups in total. The Kier molecular flexibility index (Phi) is 3.36. The number of carbonyl (C=O) groups is 1. The highest BCUT2D eigenvalue weighted by atomic mass is 19.4. The zero-order valence-electron chi connectivity index (χ0n) is 8.25. The van der Waals surface area contributed by atoms with Crippen molar-refractivity contribution < 1.29 is 23.1 Å². The van der Waals surface area contributed by atoms with Crippen molar-refractivity contribution in [1.82, 2.24) is 4.98 Å². The molecule has 0 aliphatic rings. The van der Waals surface area contributed by atoms with E-state index in [2.05, 4.69) is 10.3 Å². The van der Waals surface area contributed by atoms with Gasteiger partial charge in [-0.15, -0.1) is 0 Å². The molecule has 1 atom stereocenters. The van der Waals surface area contributed by atoms with Crippen molar-refractivity contribution in [3.05, 3.63) is 23.9 Å². The minimum absolute atomic E-state index is 0.0860. The van der Waals surface area contributed by atoms with E-state index in [1.54, 1.807) is 0 Å². The summed E-state index contributed by atoms with van der Waals surface area (Å²) in [4.78, 5) is 13.9. The van der Waals surface area contributed by atoms with Gasteiger partial charge in [-0.2, -0.15) is 13.2 Å². The Morgan fingerprint density at radius 3 is 2.50 bits per heavy atom. The number of anilines is 1. The van der Waals surface area contributed by atoms with Crippen LogP contribution in [0.5, 0.6) is 0 Å². The molecule has 0 amide bonds. The number of aliphatic carboxylic acids is 1. The molecule has 0 bridgehead atoms. The third-order valence-electron chi connectivity index (χ3n) is 1.83. The number of nitrogens with one attached hydrogen (secondary N) is 1. The molecule has 0 saturated carbocycles. The molecule has 0 spiro atoms. The van der Waals surface area contributed by atoms with Crippen LogP contribution < -0.4 is 5.32 Å². The van der Waals surface area contributed by atoms with Gasteiger partial charge in [-0.25, -0.2) is 4.98 Å². The largest absolute Gasteiger partial charge is 0.480 e. The van der Waals surface area contributed by atoms with Gasteiger partial charge in [0.05, 0.1) is 5.56 Å². The quantitative estimate of drug-likeness (QED) is 0.839. The van der Waals surface area contributed by atoms with E-state index in [1.807, 2.05) is 0 Å². The van der Waals surface area contributed by atoms with Gasteiger partial charge < -0.3 is 10.4 Å². The Hall–Kier alpha value is -1.79. The smallest absolute Gasteiger partial charge is 0.417 e. The predicted octanol–water partition coefficient (Wildman–Crippen LogP) is 1.99. The van der Waals surface area contributed by atoms with Crippen molar-refractivity contribution in [3.63, 3.8) is 0 Å². The van der Waals surface area contributed by atoms with Crippen LogP contribution in [-0.4, -0.2) is 22.1 Å². The molecule has 0 aromatic carbocycles. The molecule has 88 valence electrons. The highest BCUT2D eigenvalue weighted by molar-refractivity contribution is 5.76. The second-order valence-electron chi connectivity index (χ2n) is 3.13. The molecule has 0 unspecified atom stereocenters. The van der Waals surface area contributed by atoms with E-state index in [9.17, 15) is 18.0 Å². The number of pyridine rings is 1. The van der Waals surface area contributed by atoms with Gasteiger partial charge in [0.2, 0.25) is 0 Å². The Labute approximate surface area is 89.1 Å². The molecule has 0 aliphatic heterocycles. The maximum Gasteiger partial charge on any atom is 0.417 e. The van der Waals surface area contributed by atoms with Gasteiger partial charge in [0.25, 0.3) is 0 Å². The van der Waals surface area contributed by atoms with Gasteiger partial charge in [-0.1, -0.05) is 0 Å². The highest BCUT2D eigenvalue weighted by Crippen LogP contribution is 2.28. The highest BCUT2D eigenvalue weighted by Gasteiger charge is 2.30. The van der Waals surface area contributed by atoms with Crippen LogP contribution in [0.25, 0.3) is 0 Å². The van der Waals surface area contributed by atoms with Gasteiger partial charge in [-0.3, -0.25) is 4.79 Å². The minimum Gasteiger partial charge on any atom is -0.480 e. The van der Waals surface area contributed by atoms with Crippen molar-refractivity contribution in [1.29, 1.82) is 0 Å². The van der Waals surface area contributed by atoms with E-state index in [1.165, 1.54) is 6.92 Å². The summed E-state index contributed by atoms with van der Waals surface area (Å²) in [6.45, 7) is 1.36. The van der Waals surface area contributed by atoms with Crippen LogP contribution in [0.1, 0.15) is 12.5 Å². The van der Waals surface area contributed by atoms with E-state index in [0.717, 1.165) is 12.1 Å². The summed E-state index contributed by atoms with van der Waals surface area (Å²) in [5, 5.41) is 11.0. The van der Waals surface area contributed by atoms with Gasteiger partial charge >= 0.3 is 12.1 Å². The Morgan fingerprint density at radius 1 is 1.50 bits per heavy atom. The lowest BCUT2D eigenvalue weighted by Crippen LogP contribution is -2.25. The molecule has 0 saturated heterocycles. The molecule has 0 aliphatic carbocycles. The molecule has 7 heteroatoms. The Balaban J connectivity index is 2.76. The number of halogens is 3. The van der Waals surface area contributed by atoms with Crippen molar-refractivity contribution >= 4 is 11.8 Å². The standard InChI is InChI=1S/C9H9F3N2O2/c1-5(8(15)16)14-7-3-2-6(4-13-7)9(10,11)12/h2-5H,1H3,(H,13,14)(H,15,16)/t5-/m0/s1. The number of aromatic nitrogens is 1. The van der Waals surface area contributed by atoms with Crippen molar-refractivity contribution in [2.45, 2.75) is 19.1 Å².